The van der Waals surface area contributed by atoms with Gasteiger partial charge in [-0.1, -0.05) is 64.6 Å². The monoisotopic (exact) mass is 447 g/mol. The topological polar surface area (TPSA) is 63.6 Å². The van der Waals surface area contributed by atoms with E-state index >= 15 is 0 Å². The van der Waals surface area contributed by atoms with E-state index in [2.05, 4.69) is 15.5 Å². The lowest BCUT2D eigenvalue weighted by Gasteiger charge is -2.11. The molecule has 0 aliphatic heterocycles. The minimum Gasteiger partial charge on any atom is -0.486 e. The number of rotatable bonds is 6. The first kappa shape index (κ1) is 21.1. The fourth-order valence-electron chi connectivity index (χ4n) is 2.53. The number of carbonyl (C=O) groups is 1. The van der Waals surface area contributed by atoms with Crippen LogP contribution in [0.5, 0.6) is 5.75 Å². The number of carbonyl (C=O) groups excluding carboxylic acids is 1. The van der Waals surface area contributed by atoms with Gasteiger partial charge >= 0.3 is 0 Å². The molecule has 0 aliphatic carbocycles. The molecule has 8 heteroatoms. The van der Waals surface area contributed by atoms with Crippen LogP contribution in [0.2, 0.25) is 15.2 Å². The SMILES string of the molecule is Cc1cccc(COc2c(Cl)cc(C=NNC(=O)c3cccnc3Cl)cc2Cl)c1. The Morgan fingerprint density at radius 1 is 1.14 bits per heavy atom. The number of hydrazone groups is 1. The molecule has 29 heavy (non-hydrogen) atoms. The van der Waals surface area contributed by atoms with E-state index in [4.69, 9.17) is 39.5 Å². The van der Waals surface area contributed by atoms with Crippen molar-refractivity contribution in [2.45, 2.75) is 13.5 Å². The van der Waals surface area contributed by atoms with Gasteiger partial charge in [-0.15, -0.1) is 0 Å². The fourth-order valence-corrected chi connectivity index (χ4v) is 3.35. The summed E-state index contributed by atoms with van der Waals surface area (Å²) in [6.45, 7) is 2.36. The van der Waals surface area contributed by atoms with Gasteiger partial charge in [0.25, 0.3) is 5.91 Å². The number of hydrogen-bond acceptors (Lipinski definition) is 4. The molecule has 1 amide bonds. The van der Waals surface area contributed by atoms with Crippen molar-refractivity contribution in [3.05, 3.63) is 92.2 Å². The van der Waals surface area contributed by atoms with Gasteiger partial charge in [0, 0.05) is 6.20 Å². The number of pyridine rings is 1. The Kier molecular flexibility index (Phi) is 7.09. The molecule has 1 heterocycles. The second-order valence-corrected chi connectivity index (χ2v) is 7.30. The van der Waals surface area contributed by atoms with Crippen LogP contribution in [0.25, 0.3) is 0 Å². The first-order valence-corrected chi connectivity index (χ1v) is 9.69. The average molecular weight is 449 g/mol. The van der Waals surface area contributed by atoms with Gasteiger partial charge in [-0.25, -0.2) is 10.4 Å². The number of halogens is 3. The maximum absolute atomic E-state index is 12.1. The maximum atomic E-state index is 12.1. The van der Waals surface area contributed by atoms with Crippen molar-refractivity contribution in [2.75, 3.05) is 0 Å². The molecule has 0 bridgehead atoms. The number of nitrogens with zero attached hydrogens (tertiary/aromatic N) is 2. The quantitative estimate of drug-likeness (QED) is 0.299. The van der Waals surface area contributed by atoms with Crippen molar-refractivity contribution in [3.8, 4) is 5.75 Å². The lowest BCUT2D eigenvalue weighted by atomic mass is 10.1. The fraction of sp³-hybridized carbons (Fsp3) is 0.0952. The van der Waals surface area contributed by atoms with Gasteiger partial charge in [0.15, 0.2) is 5.75 Å². The summed E-state index contributed by atoms with van der Waals surface area (Å²) < 4.78 is 5.78. The molecule has 0 saturated carbocycles. The Labute approximate surface area is 183 Å². The zero-order chi connectivity index (χ0) is 20.8. The van der Waals surface area contributed by atoms with Crippen LogP contribution >= 0.6 is 34.8 Å². The van der Waals surface area contributed by atoms with E-state index in [1.165, 1.54) is 12.4 Å². The van der Waals surface area contributed by atoms with Crippen LogP contribution in [0.3, 0.4) is 0 Å². The van der Waals surface area contributed by atoms with Crippen molar-refractivity contribution < 1.29 is 9.53 Å². The molecule has 0 unspecified atom stereocenters. The molecule has 3 aromatic rings. The highest BCUT2D eigenvalue weighted by atomic mass is 35.5. The summed E-state index contributed by atoms with van der Waals surface area (Å²) >= 11 is 18.5. The molecule has 148 valence electrons. The number of hydrogen-bond donors (Lipinski definition) is 1. The summed E-state index contributed by atoms with van der Waals surface area (Å²) in [7, 11) is 0. The Hall–Kier alpha value is -2.60. The van der Waals surface area contributed by atoms with Crippen molar-refractivity contribution in [3.63, 3.8) is 0 Å². The van der Waals surface area contributed by atoms with Gasteiger partial charge in [-0.05, 0) is 42.3 Å². The largest absolute Gasteiger partial charge is 0.486 e. The third kappa shape index (κ3) is 5.70. The smallest absolute Gasteiger partial charge is 0.274 e. The number of aryl methyl sites for hydroxylation is 1. The predicted octanol–water partition coefficient (Wildman–Crippen LogP) is 5.69. The van der Waals surface area contributed by atoms with Crippen LogP contribution < -0.4 is 10.2 Å². The minimum absolute atomic E-state index is 0.0985. The van der Waals surface area contributed by atoms with Crippen LogP contribution in [-0.2, 0) is 6.61 Å². The van der Waals surface area contributed by atoms with Gasteiger partial charge in [0.2, 0.25) is 0 Å². The molecule has 0 fully saturated rings. The summed E-state index contributed by atoms with van der Waals surface area (Å²) in [5, 5.41) is 4.69. The number of amides is 1. The molecule has 0 atom stereocenters. The van der Waals surface area contributed by atoms with E-state index in [1.54, 1.807) is 24.3 Å². The molecule has 3 rings (SSSR count). The third-order valence-electron chi connectivity index (χ3n) is 3.87. The number of benzene rings is 2. The van der Waals surface area contributed by atoms with Crippen molar-refractivity contribution in [1.29, 1.82) is 0 Å². The molecule has 2 aromatic carbocycles. The molecule has 0 aliphatic rings. The Balaban J connectivity index is 1.66. The van der Waals surface area contributed by atoms with E-state index < -0.39 is 5.91 Å². The van der Waals surface area contributed by atoms with E-state index in [-0.39, 0.29) is 10.7 Å². The highest BCUT2D eigenvalue weighted by Crippen LogP contribution is 2.34. The zero-order valence-electron chi connectivity index (χ0n) is 15.3. The van der Waals surface area contributed by atoms with Crippen molar-refractivity contribution in [1.82, 2.24) is 10.4 Å². The third-order valence-corrected chi connectivity index (χ3v) is 4.73. The van der Waals surface area contributed by atoms with Crippen molar-refractivity contribution >= 4 is 46.9 Å². The highest BCUT2D eigenvalue weighted by Gasteiger charge is 2.11. The van der Waals surface area contributed by atoms with Gasteiger partial charge in [0.1, 0.15) is 11.8 Å². The second kappa shape index (κ2) is 9.74. The second-order valence-electron chi connectivity index (χ2n) is 6.13. The Morgan fingerprint density at radius 3 is 2.59 bits per heavy atom. The minimum atomic E-state index is -0.477. The Morgan fingerprint density at radius 2 is 1.90 bits per heavy atom. The first-order valence-electron chi connectivity index (χ1n) is 8.55. The standard InChI is InChI=1S/C21H16Cl3N3O2/c1-13-4-2-5-14(8-13)12-29-19-17(22)9-15(10-18(19)23)11-26-27-21(28)16-6-3-7-25-20(16)24/h2-11H,12H2,1H3,(H,27,28). The maximum Gasteiger partial charge on any atom is 0.274 e. The number of aromatic nitrogens is 1. The van der Waals surface area contributed by atoms with Gasteiger partial charge in [0.05, 0.1) is 21.8 Å². The predicted molar refractivity (Wildman–Crippen MR) is 116 cm³/mol. The van der Waals surface area contributed by atoms with E-state index in [9.17, 15) is 4.79 Å². The van der Waals surface area contributed by atoms with E-state index in [1.807, 2.05) is 31.2 Å². The zero-order valence-corrected chi connectivity index (χ0v) is 17.6. The Bertz CT molecular complexity index is 1050. The first-order chi connectivity index (χ1) is 13.9. The summed E-state index contributed by atoms with van der Waals surface area (Å²) in [4.78, 5) is 15.9. The molecular formula is C21H16Cl3N3O2. The molecule has 1 N–H and O–H groups in total. The number of nitrogens with one attached hydrogen (secondary N) is 1. The van der Waals surface area contributed by atoms with E-state index in [0.29, 0.717) is 28.0 Å². The molecule has 5 nitrogen and oxygen atoms in total. The molecule has 1 aromatic heterocycles. The van der Waals surface area contributed by atoms with E-state index in [0.717, 1.165) is 11.1 Å². The van der Waals surface area contributed by atoms with Crippen LogP contribution in [0.15, 0.2) is 59.8 Å². The lowest BCUT2D eigenvalue weighted by molar-refractivity contribution is 0.0955. The highest BCUT2D eigenvalue weighted by molar-refractivity contribution is 6.37. The van der Waals surface area contributed by atoms with Gasteiger partial charge < -0.3 is 4.74 Å². The van der Waals surface area contributed by atoms with Crippen LogP contribution in [0.1, 0.15) is 27.0 Å². The van der Waals surface area contributed by atoms with Crippen LogP contribution in [0.4, 0.5) is 0 Å². The summed E-state index contributed by atoms with van der Waals surface area (Å²) in [6, 6.07) is 14.4. The summed E-state index contributed by atoms with van der Waals surface area (Å²) in [5.41, 5.74) is 5.36. The molecule has 0 radical (unpaired) electrons. The van der Waals surface area contributed by atoms with Gasteiger partial charge in [-0.2, -0.15) is 5.10 Å². The van der Waals surface area contributed by atoms with Crippen LogP contribution in [0, 0.1) is 6.92 Å². The molecular weight excluding hydrogens is 433 g/mol. The van der Waals surface area contributed by atoms with Gasteiger partial charge in [-0.3, -0.25) is 4.79 Å². The number of ether oxygens (including phenoxy) is 1. The normalized spacial score (nSPS) is 10.9. The molecule has 0 spiro atoms. The summed E-state index contributed by atoms with van der Waals surface area (Å²) in [5.74, 6) is -0.0900. The summed E-state index contributed by atoms with van der Waals surface area (Å²) in [6.07, 6.45) is 2.92. The van der Waals surface area contributed by atoms with Crippen molar-refractivity contribution in [2.24, 2.45) is 5.10 Å². The van der Waals surface area contributed by atoms with Crippen LogP contribution in [-0.4, -0.2) is 17.1 Å². The lowest BCUT2D eigenvalue weighted by Crippen LogP contribution is -2.18. The average Bonchev–Trinajstić information content (AvgIpc) is 2.67. The molecule has 0 saturated heterocycles.